The standard InChI is InChI=1S/C14H14FNO2S/c1-18-12-5-2-10(14(15)8-12)9-19(17)13-6-3-11(16)4-7-13/h2-8H,9,16H2,1H3. The lowest BCUT2D eigenvalue weighted by molar-refractivity contribution is 0.411. The van der Waals surface area contributed by atoms with Crippen LogP contribution in [0.5, 0.6) is 5.75 Å². The van der Waals surface area contributed by atoms with Crippen LogP contribution in [-0.4, -0.2) is 11.3 Å². The Labute approximate surface area is 113 Å². The van der Waals surface area contributed by atoms with E-state index in [0.29, 0.717) is 21.9 Å². The van der Waals surface area contributed by atoms with Gasteiger partial charge in [0.1, 0.15) is 11.6 Å². The minimum atomic E-state index is -1.30. The molecule has 0 radical (unpaired) electrons. The zero-order chi connectivity index (χ0) is 13.8. The molecule has 0 saturated carbocycles. The van der Waals surface area contributed by atoms with Crippen LogP contribution in [0.2, 0.25) is 0 Å². The fraction of sp³-hybridized carbons (Fsp3) is 0.143. The Bertz CT molecular complexity index is 599. The molecular weight excluding hydrogens is 265 g/mol. The van der Waals surface area contributed by atoms with Crippen molar-refractivity contribution in [3.05, 3.63) is 53.8 Å². The van der Waals surface area contributed by atoms with Gasteiger partial charge in [-0.3, -0.25) is 4.21 Å². The summed E-state index contributed by atoms with van der Waals surface area (Å²) in [4.78, 5) is 0.629. The largest absolute Gasteiger partial charge is 0.497 e. The van der Waals surface area contributed by atoms with Crippen molar-refractivity contribution in [3.63, 3.8) is 0 Å². The average molecular weight is 279 g/mol. The first-order chi connectivity index (χ1) is 9.10. The van der Waals surface area contributed by atoms with Gasteiger partial charge in [0.2, 0.25) is 0 Å². The Morgan fingerprint density at radius 3 is 2.47 bits per heavy atom. The van der Waals surface area contributed by atoms with Crippen LogP contribution in [0.25, 0.3) is 0 Å². The number of nitrogens with two attached hydrogens (primary N) is 1. The van der Waals surface area contributed by atoms with Crippen LogP contribution in [0.15, 0.2) is 47.4 Å². The number of halogens is 1. The van der Waals surface area contributed by atoms with Crippen LogP contribution in [0.4, 0.5) is 10.1 Å². The molecule has 2 aromatic rings. The molecule has 0 bridgehead atoms. The predicted octanol–water partition coefficient (Wildman–Crippen LogP) is 2.72. The summed E-state index contributed by atoms with van der Waals surface area (Å²) < 4.78 is 30.8. The molecule has 0 aromatic heterocycles. The fourth-order valence-electron chi connectivity index (χ4n) is 1.62. The van der Waals surface area contributed by atoms with Gasteiger partial charge in [-0.15, -0.1) is 0 Å². The molecule has 100 valence electrons. The van der Waals surface area contributed by atoms with Crippen molar-refractivity contribution < 1.29 is 13.3 Å². The number of methoxy groups -OCH3 is 1. The highest BCUT2D eigenvalue weighted by molar-refractivity contribution is 7.84. The van der Waals surface area contributed by atoms with Gasteiger partial charge in [0.15, 0.2) is 0 Å². The average Bonchev–Trinajstić information content (AvgIpc) is 2.41. The van der Waals surface area contributed by atoms with E-state index in [1.165, 1.54) is 13.2 Å². The summed E-state index contributed by atoms with van der Waals surface area (Å²) in [5, 5.41) is 0. The maximum atomic E-state index is 13.7. The minimum absolute atomic E-state index is 0.125. The van der Waals surface area contributed by atoms with Gasteiger partial charge in [0.25, 0.3) is 0 Å². The molecule has 0 aliphatic rings. The van der Waals surface area contributed by atoms with Crippen molar-refractivity contribution in [1.82, 2.24) is 0 Å². The summed E-state index contributed by atoms with van der Waals surface area (Å²) >= 11 is 0. The van der Waals surface area contributed by atoms with Crippen molar-refractivity contribution >= 4 is 16.5 Å². The lowest BCUT2D eigenvalue weighted by Gasteiger charge is -2.06. The van der Waals surface area contributed by atoms with Gasteiger partial charge >= 0.3 is 0 Å². The third-order valence-corrected chi connectivity index (χ3v) is 4.06. The number of benzene rings is 2. The Balaban J connectivity index is 2.17. The van der Waals surface area contributed by atoms with Gasteiger partial charge in [0.05, 0.1) is 23.7 Å². The number of rotatable bonds is 4. The van der Waals surface area contributed by atoms with Crippen molar-refractivity contribution in [1.29, 1.82) is 0 Å². The van der Waals surface area contributed by atoms with Crippen molar-refractivity contribution in [2.24, 2.45) is 0 Å². The second kappa shape index (κ2) is 5.84. The van der Waals surface area contributed by atoms with E-state index in [1.807, 2.05) is 0 Å². The van der Waals surface area contributed by atoms with E-state index in [9.17, 15) is 8.60 Å². The summed E-state index contributed by atoms with van der Waals surface area (Å²) in [5.74, 6) is 0.155. The number of nitrogen functional groups attached to an aromatic ring is 1. The van der Waals surface area contributed by atoms with Crippen LogP contribution >= 0.6 is 0 Å². The van der Waals surface area contributed by atoms with E-state index in [1.54, 1.807) is 36.4 Å². The van der Waals surface area contributed by atoms with E-state index in [0.717, 1.165) is 0 Å². The van der Waals surface area contributed by atoms with Crippen LogP contribution in [0.3, 0.4) is 0 Å². The molecule has 1 atom stereocenters. The first-order valence-electron chi connectivity index (χ1n) is 5.66. The lowest BCUT2D eigenvalue weighted by Crippen LogP contribution is -2.00. The predicted molar refractivity (Wildman–Crippen MR) is 73.9 cm³/mol. The van der Waals surface area contributed by atoms with Crippen molar-refractivity contribution in [2.45, 2.75) is 10.6 Å². The zero-order valence-electron chi connectivity index (χ0n) is 10.4. The highest BCUT2D eigenvalue weighted by Gasteiger charge is 2.10. The SMILES string of the molecule is COc1ccc(CS(=O)c2ccc(N)cc2)c(F)c1. The second-order valence-corrected chi connectivity index (χ2v) is 5.47. The first-order valence-corrected chi connectivity index (χ1v) is 6.98. The van der Waals surface area contributed by atoms with Crippen molar-refractivity contribution in [2.75, 3.05) is 12.8 Å². The molecule has 0 aliphatic carbocycles. The second-order valence-electron chi connectivity index (χ2n) is 4.02. The van der Waals surface area contributed by atoms with E-state index >= 15 is 0 Å². The molecule has 1 unspecified atom stereocenters. The van der Waals surface area contributed by atoms with Crippen LogP contribution in [0, 0.1) is 5.82 Å². The quantitative estimate of drug-likeness (QED) is 0.875. The van der Waals surface area contributed by atoms with E-state index in [-0.39, 0.29) is 5.75 Å². The highest BCUT2D eigenvalue weighted by Crippen LogP contribution is 2.20. The van der Waals surface area contributed by atoms with Gasteiger partial charge in [-0.1, -0.05) is 6.07 Å². The molecule has 0 spiro atoms. The molecule has 19 heavy (non-hydrogen) atoms. The van der Waals surface area contributed by atoms with E-state index in [2.05, 4.69) is 0 Å². The van der Waals surface area contributed by atoms with Gasteiger partial charge in [-0.05, 0) is 30.3 Å². The number of anilines is 1. The summed E-state index contributed by atoms with van der Waals surface area (Å²) in [6.45, 7) is 0. The fourth-order valence-corrected chi connectivity index (χ4v) is 2.74. The summed E-state index contributed by atoms with van der Waals surface area (Å²) in [7, 11) is 0.175. The molecule has 3 nitrogen and oxygen atoms in total. The molecule has 0 saturated heterocycles. The highest BCUT2D eigenvalue weighted by atomic mass is 32.2. The van der Waals surface area contributed by atoms with Gasteiger partial charge in [0, 0.05) is 22.2 Å². The minimum Gasteiger partial charge on any atom is -0.497 e. The Morgan fingerprint density at radius 2 is 1.89 bits per heavy atom. The Kier molecular flexibility index (Phi) is 4.16. The molecule has 5 heteroatoms. The Morgan fingerprint density at radius 1 is 1.21 bits per heavy atom. The molecule has 0 fully saturated rings. The van der Waals surface area contributed by atoms with E-state index in [4.69, 9.17) is 10.5 Å². The zero-order valence-corrected chi connectivity index (χ0v) is 11.2. The first kappa shape index (κ1) is 13.5. The van der Waals surface area contributed by atoms with Crippen LogP contribution < -0.4 is 10.5 Å². The lowest BCUT2D eigenvalue weighted by atomic mass is 10.2. The summed E-state index contributed by atoms with van der Waals surface area (Å²) in [5.41, 5.74) is 6.57. The number of hydrogen-bond donors (Lipinski definition) is 1. The number of hydrogen-bond acceptors (Lipinski definition) is 3. The van der Waals surface area contributed by atoms with Crippen LogP contribution in [0.1, 0.15) is 5.56 Å². The number of ether oxygens (including phenoxy) is 1. The maximum absolute atomic E-state index is 13.7. The molecule has 2 rings (SSSR count). The summed E-state index contributed by atoms with van der Waals surface area (Å²) in [6.07, 6.45) is 0. The third-order valence-electron chi connectivity index (χ3n) is 2.69. The third kappa shape index (κ3) is 3.32. The monoisotopic (exact) mass is 279 g/mol. The molecule has 2 aromatic carbocycles. The van der Waals surface area contributed by atoms with Crippen LogP contribution in [-0.2, 0) is 16.6 Å². The van der Waals surface area contributed by atoms with Gasteiger partial charge in [-0.25, -0.2) is 4.39 Å². The Hall–Kier alpha value is -1.88. The molecule has 0 heterocycles. The van der Waals surface area contributed by atoms with Crippen molar-refractivity contribution in [3.8, 4) is 5.75 Å². The normalized spacial score (nSPS) is 12.1. The summed E-state index contributed by atoms with van der Waals surface area (Å²) in [6, 6.07) is 11.3. The molecular formula is C14H14FNO2S. The molecule has 0 amide bonds. The molecule has 0 aliphatic heterocycles. The molecule has 2 N–H and O–H groups in total. The van der Waals surface area contributed by atoms with E-state index < -0.39 is 16.6 Å². The topological polar surface area (TPSA) is 52.3 Å². The maximum Gasteiger partial charge on any atom is 0.131 e. The van der Waals surface area contributed by atoms with Gasteiger partial charge < -0.3 is 10.5 Å². The van der Waals surface area contributed by atoms with Gasteiger partial charge in [-0.2, -0.15) is 0 Å². The smallest absolute Gasteiger partial charge is 0.131 e.